The first-order valence-corrected chi connectivity index (χ1v) is 5.47. The highest BCUT2D eigenvalue weighted by Crippen LogP contribution is 2.34. The van der Waals surface area contributed by atoms with Crippen molar-refractivity contribution in [1.82, 2.24) is 0 Å². The zero-order valence-corrected chi connectivity index (χ0v) is 9.73. The van der Waals surface area contributed by atoms with Crippen LogP contribution >= 0.6 is 0 Å². The van der Waals surface area contributed by atoms with E-state index < -0.39 is 55.2 Å². The smallest absolute Gasteiger partial charge is 0.364 e. The van der Waals surface area contributed by atoms with Crippen LogP contribution in [0, 0.1) is 5.92 Å². The van der Waals surface area contributed by atoms with Gasteiger partial charge in [-0.3, -0.25) is 0 Å². The molecular formula is C10H17FO7. The molecule has 1 fully saturated rings. The minimum absolute atomic E-state index is 0.595. The number of carbonyl (C=O) groups is 1. The summed E-state index contributed by atoms with van der Waals surface area (Å²) in [5.74, 6) is -5.28. The maximum atomic E-state index is 13.8. The molecule has 1 aliphatic rings. The van der Waals surface area contributed by atoms with Crippen LogP contribution in [0.25, 0.3) is 0 Å². The van der Waals surface area contributed by atoms with Crippen molar-refractivity contribution < 1.29 is 39.5 Å². The van der Waals surface area contributed by atoms with Gasteiger partial charge in [0, 0.05) is 12.3 Å². The van der Waals surface area contributed by atoms with Gasteiger partial charge in [-0.25, -0.2) is 9.18 Å². The summed E-state index contributed by atoms with van der Waals surface area (Å²) >= 11 is 0. The van der Waals surface area contributed by atoms with Crippen LogP contribution < -0.4 is 0 Å². The first-order valence-electron chi connectivity index (χ1n) is 5.47. The van der Waals surface area contributed by atoms with Gasteiger partial charge >= 0.3 is 5.97 Å². The van der Waals surface area contributed by atoms with Gasteiger partial charge in [-0.2, -0.15) is 0 Å². The van der Waals surface area contributed by atoms with E-state index in [0.29, 0.717) is 0 Å². The Morgan fingerprint density at radius 3 is 2.61 bits per heavy atom. The number of ether oxygens (including phenoxy) is 1. The number of aliphatic hydroxyl groups excluding tert-OH is 3. The highest BCUT2D eigenvalue weighted by atomic mass is 19.1. The Balaban J connectivity index is 2.92. The normalized spacial score (nSPS) is 40.2. The molecule has 5 N–H and O–H groups in total. The molecule has 18 heavy (non-hydrogen) atoms. The SMILES string of the molecule is C[C@H]1C([C@H](F)[C@H](O)CO)O[C@](O)(C(=O)O)C[C@H]1O. The van der Waals surface area contributed by atoms with Gasteiger partial charge in [-0.05, 0) is 0 Å². The Bertz CT molecular complexity index is 313. The Labute approximate surface area is 102 Å². The zero-order chi connectivity index (χ0) is 14.1. The second kappa shape index (κ2) is 5.45. The van der Waals surface area contributed by atoms with Gasteiger partial charge in [0.2, 0.25) is 0 Å². The summed E-state index contributed by atoms with van der Waals surface area (Å²) in [6, 6.07) is 0. The van der Waals surface area contributed by atoms with Crippen molar-refractivity contribution in [3.05, 3.63) is 0 Å². The molecule has 6 atom stereocenters. The van der Waals surface area contributed by atoms with E-state index in [-0.39, 0.29) is 0 Å². The molecule has 106 valence electrons. The Morgan fingerprint density at radius 1 is 1.61 bits per heavy atom. The molecule has 1 saturated heterocycles. The van der Waals surface area contributed by atoms with Gasteiger partial charge in [0.05, 0.1) is 12.7 Å². The second-order valence-corrected chi connectivity index (χ2v) is 4.50. The van der Waals surface area contributed by atoms with Gasteiger partial charge in [-0.15, -0.1) is 0 Å². The molecule has 0 saturated carbocycles. The van der Waals surface area contributed by atoms with Crippen molar-refractivity contribution in [2.45, 2.75) is 43.6 Å². The number of halogens is 1. The highest BCUT2D eigenvalue weighted by Gasteiger charge is 2.52. The fourth-order valence-electron chi connectivity index (χ4n) is 1.88. The van der Waals surface area contributed by atoms with Crippen molar-refractivity contribution in [2.75, 3.05) is 6.61 Å². The van der Waals surface area contributed by atoms with Crippen LogP contribution in [0.2, 0.25) is 0 Å². The summed E-state index contributed by atoms with van der Waals surface area (Å²) in [7, 11) is 0. The number of carboxylic acid groups (broad SMARTS) is 1. The number of aliphatic hydroxyl groups is 4. The van der Waals surface area contributed by atoms with Crippen molar-refractivity contribution >= 4 is 5.97 Å². The molecule has 1 unspecified atom stereocenters. The molecule has 0 bridgehead atoms. The number of hydrogen-bond acceptors (Lipinski definition) is 6. The molecule has 0 aromatic rings. The van der Waals surface area contributed by atoms with Crippen molar-refractivity contribution in [1.29, 1.82) is 0 Å². The summed E-state index contributed by atoms with van der Waals surface area (Å²) < 4.78 is 18.5. The zero-order valence-electron chi connectivity index (χ0n) is 9.73. The van der Waals surface area contributed by atoms with Crippen molar-refractivity contribution in [3.63, 3.8) is 0 Å². The molecule has 0 amide bonds. The van der Waals surface area contributed by atoms with Crippen LogP contribution in [0.4, 0.5) is 4.39 Å². The quantitative estimate of drug-likeness (QED) is 0.408. The lowest BCUT2D eigenvalue weighted by Crippen LogP contribution is -2.59. The Morgan fingerprint density at radius 2 is 2.17 bits per heavy atom. The third kappa shape index (κ3) is 2.78. The molecule has 8 heteroatoms. The van der Waals surface area contributed by atoms with Crippen LogP contribution in [-0.2, 0) is 9.53 Å². The highest BCUT2D eigenvalue weighted by molar-refractivity contribution is 5.75. The van der Waals surface area contributed by atoms with E-state index in [2.05, 4.69) is 0 Å². The minimum Gasteiger partial charge on any atom is -0.477 e. The molecule has 0 aromatic carbocycles. The van der Waals surface area contributed by atoms with E-state index in [0.717, 1.165) is 0 Å². The fourth-order valence-corrected chi connectivity index (χ4v) is 1.88. The first-order chi connectivity index (χ1) is 8.23. The van der Waals surface area contributed by atoms with E-state index in [1.165, 1.54) is 6.92 Å². The number of carboxylic acids is 1. The molecule has 0 spiro atoms. The predicted octanol–water partition coefficient (Wildman–Crippen LogP) is -1.76. The largest absolute Gasteiger partial charge is 0.477 e. The minimum atomic E-state index is -2.70. The Kier molecular flexibility index (Phi) is 4.62. The third-order valence-corrected chi connectivity index (χ3v) is 3.14. The number of alkyl halides is 1. The van der Waals surface area contributed by atoms with Crippen LogP contribution in [-0.4, -0.2) is 68.4 Å². The monoisotopic (exact) mass is 268 g/mol. The van der Waals surface area contributed by atoms with Gasteiger partial charge in [0.15, 0.2) is 6.17 Å². The number of rotatable bonds is 4. The average molecular weight is 268 g/mol. The molecule has 0 radical (unpaired) electrons. The molecular weight excluding hydrogens is 251 g/mol. The first kappa shape index (κ1) is 15.3. The van der Waals surface area contributed by atoms with Crippen LogP contribution in [0.3, 0.4) is 0 Å². The van der Waals surface area contributed by atoms with Crippen LogP contribution in [0.5, 0.6) is 0 Å². The standard InChI is InChI=1S/C10H17FO7/c1-4-5(13)2-10(17,9(15)16)18-8(4)7(11)6(14)3-12/h4-8,12-14,17H,2-3H2,1H3,(H,15,16)/t4-,5-,6-,7-,8?,10+/m1/s1. The van der Waals surface area contributed by atoms with Crippen LogP contribution in [0.15, 0.2) is 0 Å². The van der Waals surface area contributed by atoms with Crippen molar-refractivity contribution in [3.8, 4) is 0 Å². The van der Waals surface area contributed by atoms with Crippen LogP contribution in [0.1, 0.15) is 13.3 Å². The maximum Gasteiger partial charge on any atom is 0.364 e. The summed E-state index contributed by atoms with van der Waals surface area (Å²) in [5.41, 5.74) is 0. The van der Waals surface area contributed by atoms with Gasteiger partial charge in [0.1, 0.15) is 12.2 Å². The molecule has 0 aliphatic carbocycles. The summed E-state index contributed by atoms with van der Waals surface area (Å²) in [5, 5.41) is 45.8. The molecule has 1 rings (SSSR count). The molecule has 7 nitrogen and oxygen atoms in total. The number of aliphatic carboxylic acids is 1. The number of hydrogen-bond donors (Lipinski definition) is 5. The summed E-state index contributed by atoms with van der Waals surface area (Å²) in [6.45, 7) is 0.517. The van der Waals surface area contributed by atoms with Gasteiger partial charge in [0.25, 0.3) is 5.79 Å². The van der Waals surface area contributed by atoms with E-state index >= 15 is 0 Å². The topological polar surface area (TPSA) is 127 Å². The molecule has 1 aliphatic heterocycles. The lowest BCUT2D eigenvalue weighted by Gasteiger charge is -2.42. The third-order valence-electron chi connectivity index (χ3n) is 3.14. The lowest BCUT2D eigenvalue weighted by molar-refractivity contribution is -0.296. The van der Waals surface area contributed by atoms with E-state index in [4.69, 9.17) is 14.9 Å². The summed E-state index contributed by atoms with van der Waals surface area (Å²) in [6.07, 6.45) is -7.32. The maximum absolute atomic E-state index is 13.8. The van der Waals surface area contributed by atoms with E-state index in [9.17, 15) is 24.5 Å². The second-order valence-electron chi connectivity index (χ2n) is 4.50. The van der Waals surface area contributed by atoms with Crippen molar-refractivity contribution in [2.24, 2.45) is 5.92 Å². The van der Waals surface area contributed by atoms with Gasteiger partial charge < -0.3 is 30.3 Å². The fraction of sp³-hybridized carbons (Fsp3) is 0.900. The molecule has 0 aromatic heterocycles. The van der Waals surface area contributed by atoms with Gasteiger partial charge in [-0.1, -0.05) is 6.92 Å². The van der Waals surface area contributed by atoms with E-state index in [1.807, 2.05) is 0 Å². The lowest BCUT2D eigenvalue weighted by atomic mass is 9.85. The predicted molar refractivity (Wildman–Crippen MR) is 55.2 cm³/mol. The average Bonchev–Trinajstić information content (AvgIpc) is 2.31. The van der Waals surface area contributed by atoms with E-state index in [1.54, 1.807) is 0 Å². The Hall–Kier alpha value is -0.800. The summed E-state index contributed by atoms with van der Waals surface area (Å²) in [4.78, 5) is 10.8. The molecule has 1 heterocycles.